The Labute approximate surface area is 163 Å². The molecule has 3 aromatic rings. The van der Waals surface area contributed by atoms with E-state index in [0.29, 0.717) is 22.6 Å². The van der Waals surface area contributed by atoms with Crippen molar-refractivity contribution in [2.75, 3.05) is 5.75 Å². The number of ketones is 1. The van der Waals surface area contributed by atoms with Crippen molar-refractivity contribution in [2.45, 2.75) is 57.0 Å². The molecule has 0 radical (unpaired) electrons. The van der Waals surface area contributed by atoms with Crippen molar-refractivity contribution in [3.8, 4) is 0 Å². The summed E-state index contributed by atoms with van der Waals surface area (Å²) in [6.07, 6.45) is 6.55. The molecule has 1 fully saturated rings. The fraction of sp³-hybridized carbons (Fsp3) is 0.429. The van der Waals surface area contributed by atoms with Crippen LogP contribution in [-0.4, -0.2) is 31.1 Å². The number of nitrogens with zero attached hydrogens (tertiary/aromatic N) is 4. The molecule has 4 rings (SSSR count). The van der Waals surface area contributed by atoms with E-state index in [1.54, 1.807) is 4.52 Å². The number of carbonyl (C=O) groups excluding carboxylic acids is 1. The van der Waals surface area contributed by atoms with Crippen molar-refractivity contribution in [2.24, 2.45) is 0 Å². The summed E-state index contributed by atoms with van der Waals surface area (Å²) in [5.74, 6) is 1.69. The summed E-state index contributed by atoms with van der Waals surface area (Å²) >= 11 is 1.36. The standard InChI is InChI=1S/C21H24N4OS/c1-14-12-15(2)25-20(22-14)23-21(24-25)27-13-19(26)18-10-8-17(9-11-18)16-6-4-3-5-7-16/h8-12,16H,3-7,13H2,1-2H3. The first-order valence-corrected chi connectivity index (χ1v) is 10.6. The van der Waals surface area contributed by atoms with Crippen molar-refractivity contribution in [3.05, 3.63) is 52.8 Å². The number of aryl methyl sites for hydroxylation is 2. The third-order valence-electron chi connectivity index (χ3n) is 5.24. The summed E-state index contributed by atoms with van der Waals surface area (Å²) < 4.78 is 1.72. The molecule has 0 spiro atoms. The summed E-state index contributed by atoms with van der Waals surface area (Å²) in [5.41, 5.74) is 4.04. The molecule has 1 saturated carbocycles. The molecule has 27 heavy (non-hydrogen) atoms. The molecule has 0 aliphatic heterocycles. The average Bonchev–Trinajstić information content (AvgIpc) is 3.10. The maximum Gasteiger partial charge on any atom is 0.253 e. The summed E-state index contributed by atoms with van der Waals surface area (Å²) in [6.45, 7) is 3.92. The normalized spacial score (nSPS) is 15.3. The summed E-state index contributed by atoms with van der Waals surface area (Å²) in [6, 6.07) is 10.2. The lowest BCUT2D eigenvalue weighted by atomic mass is 9.84. The van der Waals surface area contributed by atoms with Crippen molar-refractivity contribution in [1.82, 2.24) is 19.6 Å². The molecule has 2 heterocycles. The first kappa shape index (κ1) is 18.2. The van der Waals surface area contributed by atoms with Crippen LogP contribution in [0.4, 0.5) is 0 Å². The van der Waals surface area contributed by atoms with E-state index in [0.717, 1.165) is 17.0 Å². The number of hydrogen-bond acceptors (Lipinski definition) is 5. The van der Waals surface area contributed by atoms with Crippen LogP contribution in [0.25, 0.3) is 5.78 Å². The van der Waals surface area contributed by atoms with Crippen LogP contribution in [0.1, 0.15) is 65.3 Å². The minimum atomic E-state index is 0.106. The molecular formula is C21H24N4OS. The summed E-state index contributed by atoms with van der Waals surface area (Å²) in [4.78, 5) is 21.4. The number of rotatable bonds is 5. The van der Waals surface area contributed by atoms with Gasteiger partial charge in [-0.15, -0.1) is 5.10 Å². The van der Waals surface area contributed by atoms with E-state index in [-0.39, 0.29) is 5.78 Å². The highest BCUT2D eigenvalue weighted by Gasteiger charge is 2.16. The molecule has 0 atom stereocenters. The van der Waals surface area contributed by atoms with Gasteiger partial charge in [0.2, 0.25) is 5.16 Å². The van der Waals surface area contributed by atoms with Gasteiger partial charge in [0.25, 0.3) is 5.78 Å². The van der Waals surface area contributed by atoms with E-state index in [9.17, 15) is 4.79 Å². The molecule has 0 bridgehead atoms. The van der Waals surface area contributed by atoms with Crippen LogP contribution in [0.2, 0.25) is 0 Å². The van der Waals surface area contributed by atoms with Crippen LogP contribution in [-0.2, 0) is 0 Å². The van der Waals surface area contributed by atoms with Gasteiger partial charge in [-0.2, -0.15) is 4.98 Å². The van der Waals surface area contributed by atoms with Gasteiger partial charge in [0.05, 0.1) is 5.75 Å². The van der Waals surface area contributed by atoms with E-state index < -0.39 is 0 Å². The van der Waals surface area contributed by atoms with Crippen LogP contribution in [0.3, 0.4) is 0 Å². The predicted molar refractivity (Wildman–Crippen MR) is 108 cm³/mol. The highest BCUT2D eigenvalue weighted by molar-refractivity contribution is 7.99. The van der Waals surface area contributed by atoms with Crippen molar-refractivity contribution in [1.29, 1.82) is 0 Å². The number of fused-ring (bicyclic) bond motifs is 1. The monoisotopic (exact) mass is 380 g/mol. The molecule has 2 aromatic heterocycles. The second kappa shape index (κ2) is 7.80. The highest BCUT2D eigenvalue weighted by Crippen LogP contribution is 2.32. The Morgan fingerprint density at radius 2 is 1.85 bits per heavy atom. The number of benzene rings is 1. The molecule has 1 aliphatic carbocycles. The first-order chi connectivity index (χ1) is 13.1. The lowest BCUT2D eigenvalue weighted by Crippen LogP contribution is -2.06. The Hall–Kier alpha value is -2.21. The molecule has 0 N–H and O–H groups in total. The minimum Gasteiger partial charge on any atom is -0.293 e. The zero-order valence-corrected chi connectivity index (χ0v) is 16.6. The second-order valence-electron chi connectivity index (χ2n) is 7.31. The summed E-state index contributed by atoms with van der Waals surface area (Å²) in [5, 5.41) is 5.03. The smallest absolute Gasteiger partial charge is 0.253 e. The molecule has 0 unspecified atom stereocenters. The summed E-state index contributed by atoms with van der Waals surface area (Å²) in [7, 11) is 0. The van der Waals surface area contributed by atoms with Gasteiger partial charge in [-0.3, -0.25) is 4.79 Å². The van der Waals surface area contributed by atoms with Gasteiger partial charge in [0.1, 0.15) is 0 Å². The quantitative estimate of drug-likeness (QED) is 0.472. The number of aromatic nitrogens is 4. The van der Waals surface area contributed by atoms with E-state index >= 15 is 0 Å². The zero-order valence-electron chi connectivity index (χ0n) is 15.8. The minimum absolute atomic E-state index is 0.106. The van der Waals surface area contributed by atoms with E-state index in [1.165, 1.54) is 49.4 Å². The molecule has 140 valence electrons. The lowest BCUT2D eigenvalue weighted by Gasteiger charge is -2.22. The van der Waals surface area contributed by atoms with Gasteiger partial charge >= 0.3 is 0 Å². The predicted octanol–water partition coefficient (Wildman–Crippen LogP) is 4.76. The maximum atomic E-state index is 12.5. The largest absolute Gasteiger partial charge is 0.293 e. The number of Topliss-reactive ketones (excluding diaryl/α,β-unsaturated/α-hetero) is 1. The van der Waals surface area contributed by atoms with Gasteiger partial charge in [0, 0.05) is 17.0 Å². The van der Waals surface area contributed by atoms with Crippen molar-refractivity contribution < 1.29 is 4.79 Å². The Morgan fingerprint density at radius 1 is 1.11 bits per heavy atom. The van der Waals surface area contributed by atoms with Crippen molar-refractivity contribution in [3.63, 3.8) is 0 Å². The molecule has 0 saturated heterocycles. The third kappa shape index (κ3) is 4.05. The van der Waals surface area contributed by atoms with E-state index in [4.69, 9.17) is 0 Å². The molecule has 1 aromatic carbocycles. The van der Waals surface area contributed by atoms with E-state index in [1.807, 2.05) is 32.0 Å². The Bertz CT molecular complexity index is 958. The molecule has 0 amide bonds. The number of carbonyl (C=O) groups is 1. The first-order valence-electron chi connectivity index (χ1n) is 9.57. The Balaban J connectivity index is 1.41. The Kier molecular flexibility index (Phi) is 5.25. The lowest BCUT2D eigenvalue weighted by molar-refractivity contribution is 0.102. The maximum absolute atomic E-state index is 12.5. The van der Waals surface area contributed by atoms with Gasteiger partial charge in [-0.1, -0.05) is 55.3 Å². The zero-order chi connectivity index (χ0) is 18.8. The molecular weight excluding hydrogens is 356 g/mol. The Morgan fingerprint density at radius 3 is 2.59 bits per heavy atom. The van der Waals surface area contributed by atoms with Gasteiger partial charge in [-0.25, -0.2) is 9.50 Å². The van der Waals surface area contributed by atoms with Gasteiger partial charge < -0.3 is 0 Å². The van der Waals surface area contributed by atoms with Crippen LogP contribution < -0.4 is 0 Å². The van der Waals surface area contributed by atoms with Gasteiger partial charge in [-0.05, 0) is 44.2 Å². The average molecular weight is 381 g/mol. The van der Waals surface area contributed by atoms with Crippen LogP contribution in [0, 0.1) is 13.8 Å². The van der Waals surface area contributed by atoms with Gasteiger partial charge in [0.15, 0.2) is 5.78 Å². The molecule has 5 nitrogen and oxygen atoms in total. The fourth-order valence-corrected chi connectivity index (χ4v) is 4.51. The molecule has 6 heteroatoms. The topological polar surface area (TPSA) is 60.2 Å². The number of thioether (sulfide) groups is 1. The SMILES string of the molecule is Cc1cc(C)n2nc(SCC(=O)c3ccc(C4CCCCC4)cc3)nc2n1. The number of hydrogen-bond donors (Lipinski definition) is 0. The van der Waals surface area contributed by atoms with Crippen LogP contribution in [0.15, 0.2) is 35.5 Å². The fourth-order valence-electron chi connectivity index (χ4n) is 3.80. The second-order valence-corrected chi connectivity index (χ2v) is 8.26. The molecule has 1 aliphatic rings. The van der Waals surface area contributed by atoms with Crippen LogP contribution >= 0.6 is 11.8 Å². The van der Waals surface area contributed by atoms with Crippen LogP contribution in [0.5, 0.6) is 0 Å². The highest BCUT2D eigenvalue weighted by atomic mass is 32.2. The van der Waals surface area contributed by atoms with Crippen molar-refractivity contribution >= 4 is 23.3 Å². The third-order valence-corrected chi connectivity index (χ3v) is 6.08. The van der Waals surface area contributed by atoms with E-state index in [2.05, 4.69) is 27.2 Å².